The summed E-state index contributed by atoms with van der Waals surface area (Å²) in [6.07, 6.45) is 0. The first-order chi connectivity index (χ1) is 16.4. The minimum absolute atomic E-state index is 0.0397. The maximum Gasteiger partial charge on any atom is 0.335 e. The van der Waals surface area contributed by atoms with Gasteiger partial charge in [0.15, 0.2) is 11.5 Å². The Kier molecular flexibility index (Phi) is 6.26. The molecule has 0 saturated carbocycles. The first kappa shape index (κ1) is 22.5. The highest BCUT2D eigenvalue weighted by molar-refractivity contribution is 6.06. The fourth-order valence-electron chi connectivity index (χ4n) is 3.53. The molecule has 0 aliphatic heterocycles. The second kappa shape index (κ2) is 9.45. The number of nitrogens with one attached hydrogen (secondary N) is 2. The molecule has 1 aromatic heterocycles. The maximum absolute atomic E-state index is 12.7. The van der Waals surface area contributed by atoms with Crippen molar-refractivity contribution >= 4 is 34.4 Å². The van der Waals surface area contributed by atoms with Crippen LogP contribution in [0.25, 0.3) is 22.2 Å². The molecule has 0 aliphatic rings. The van der Waals surface area contributed by atoms with Gasteiger partial charge in [-0.1, -0.05) is 18.2 Å². The standard InChI is InChI=1S/C25H22N4O5/c1-26-25-28-19-13-21(34-3)20(33-2)12-18(19)22(29-25)14-6-5-9-17(11-14)27-23(30)15-7-4-8-16(10-15)24(31)32/h4-13H,1-3H3,(H,27,30)(H,31,32)(H,26,28,29). The zero-order chi connectivity index (χ0) is 24.2. The van der Waals surface area contributed by atoms with Gasteiger partial charge in [0.2, 0.25) is 5.95 Å². The van der Waals surface area contributed by atoms with Crippen LogP contribution in [0.3, 0.4) is 0 Å². The van der Waals surface area contributed by atoms with Gasteiger partial charge in [0, 0.05) is 35.3 Å². The van der Waals surface area contributed by atoms with E-state index in [0.29, 0.717) is 34.3 Å². The van der Waals surface area contributed by atoms with Crippen molar-refractivity contribution in [3.63, 3.8) is 0 Å². The second-order valence-electron chi connectivity index (χ2n) is 7.29. The fourth-order valence-corrected chi connectivity index (χ4v) is 3.53. The van der Waals surface area contributed by atoms with Crippen LogP contribution in [0.4, 0.5) is 11.6 Å². The Balaban J connectivity index is 1.75. The number of carbonyl (C=O) groups excluding carboxylic acids is 1. The molecule has 0 bridgehead atoms. The summed E-state index contributed by atoms with van der Waals surface area (Å²) in [6, 6.07) is 16.6. The van der Waals surface area contributed by atoms with Crippen molar-refractivity contribution in [2.45, 2.75) is 0 Å². The van der Waals surface area contributed by atoms with Crippen molar-refractivity contribution in [1.29, 1.82) is 0 Å². The highest BCUT2D eigenvalue weighted by Crippen LogP contribution is 2.36. The van der Waals surface area contributed by atoms with Gasteiger partial charge in [-0.2, -0.15) is 0 Å². The third kappa shape index (κ3) is 4.44. The first-order valence-electron chi connectivity index (χ1n) is 10.3. The van der Waals surface area contributed by atoms with Gasteiger partial charge in [0.1, 0.15) is 0 Å². The fraction of sp³-hybridized carbons (Fsp3) is 0.120. The number of methoxy groups -OCH3 is 2. The lowest BCUT2D eigenvalue weighted by Gasteiger charge is -2.13. The molecule has 0 spiro atoms. The Bertz CT molecular complexity index is 1400. The van der Waals surface area contributed by atoms with Gasteiger partial charge in [-0.05, 0) is 36.4 Å². The molecule has 3 N–H and O–H groups in total. The minimum atomic E-state index is -1.10. The molecule has 1 heterocycles. The number of amides is 1. The number of aromatic carboxylic acids is 1. The molecule has 172 valence electrons. The van der Waals surface area contributed by atoms with Crippen LogP contribution in [0.2, 0.25) is 0 Å². The first-order valence-corrected chi connectivity index (χ1v) is 10.3. The number of carboxylic acid groups (broad SMARTS) is 1. The Hall–Kier alpha value is -4.66. The van der Waals surface area contributed by atoms with Crippen LogP contribution in [0, 0.1) is 0 Å². The molecule has 9 nitrogen and oxygen atoms in total. The maximum atomic E-state index is 12.7. The molecule has 0 fully saturated rings. The Morgan fingerprint density at radius 1 is 0.882 bits per heavy atom. The quantitative estimate of drug-likeness (QED) is 0.375. The molecular weight excluding hydrogens is 436 g/mol. The van der Waals surface area contributed by atoms with E-state index in [0.717, 1.165) is 10.9 Å². The molecule has 0 saturated heterocycles. The van der Waals surface area contributed by atoms with Gasteiger partial charge in [0.25, 0.3) is 5.91 Å². The topological polar surface area (TPSA) is 123 Å². The van der Waals surface area contributed by atoms with Crippen LogP contribution >= 0.6 is 0 Å². The van der Waals surface area contributed by atoms with Crippen molar-refractivity contribution < 1.29 is 24.2 Å². The number of fused-ring (bicyclic) bond motifs is 1. The predicted molar refractivity (Wildman–Crippen MR) is 129 cm³/mol. The predicted octanol–water partition coefficient (Wildman–Crippen LogP) is 4.31. The van der Waals surface area contributed by atoms with E-state index in [1.54, 1.807) is 51.6 Å². The third-order valence-electron chi connectivity index (χ3n) is 5.19. The Labute approximate surface area is 195 Å². The largest absolute Gasteiger partial charge is 0.493 e. The normalized spacial score (nSPS) is 10.6. The van der Waals surface area contributed by atoms with E-state index >= 15 is 0 Å². The lowest BCUT2D eigenvalue weighted by Crippen LogP contribution is -2.12. The van der Waals surface area contributed by atoms with Gasteiger partial charge in [0.05, 0.1) is 31.0 Å². The van der Waals surface area contributed by atoms with E-state index in [1.807, 2.05) is 12.1 Å². The molecule has 34 heavy (non-hydrogen) atoms. The van der Waals surface area contributed by atoms with Crippen LogP contribution in [0.15, 0.2) is 60.7 Å². The number of anilines is 2. The molecule has 0 radical (unpaired) electrons. The van der Waals surface area contributed by atoms with E-state index in [1.165, 1.54) is 18.2 Å². The summed E-state index contributed by atoms with van der Waals surface area (Å²) >= 11 is 0. The van der Waals surface area contributed by atoms with Crippen molar-refractivity contribution in [3.8, 4) is 22.8 Å². The summed E-state index contributed by atoms with van der Waals surface area (Å²) in [5.41, 5.74) is 2.85. The number of hydrogen-bond donors (Lipinski definition) is 3. The van der Waals surface area contributed by atoms with Crippen LogP contribution in [-0.4, -0.2) is 48.2 Å². The molecule has 3 aromatic carbocycles. The van der Waals surface area contributed by atoms with E-state index in [4.69, 9.17) is 9.47 Å². The van der Waals surface area contributed by atoms with E-state index in [2.05, 4.69) is 20.6 Å². The van der Waals surface area contributed by atoms with Crippen LogP contribution < -0.4 is 20.1 Å². The van der Waals surface area contributed by atoms with Gasteiger partial charge in [-0.15, -0.1) is 0 Å². The van der Waals surface area contributed by atoms with Gasteiger partial charge >= 0.3 is 5.97 Å². The van der Waals surface area contributed by atoms with Crippen molar-refractivity contribution in [1.82, 2.24) is 9.97 Å². The van der Waals surface area contributed by atoms with Crippen molar-refractivity contribution in [2.24, 2.45) is 0 Å². The number of hydrogen-bond acceptors (Lipinski definition) is 7. The number of benzene rings is 3. The molecule has 0 atom stereocenters. The minimum Gasteiger partial charge on any atom is -0.493 e. The second-order valence-corrected chi connectivity index (χ2v) is 7.29. The number of carbonyl (C=O) groups is 2. The summed E-state index contributed by atoms with van der Waals surface area (Å²) in [4.78, 5) is 33.1. The summed E-state index contributed by atoms with van der Waals surface area (Å²) in [7, 11) is 4.85. The molecule has 0 unspecified atom stereocenters. The number of carboxylic acids is 1. The summed E-state index contributed by atoms with van der Waals surface area (Å²) in [6.45, 7) is 0. The summed E-state index contributed by atoms with van der Waals surface area (Å²) in [5.74, 6) is -0.00409. The third-order valence-corrected chi connectivity index (χ3v) is 5.19. The average Bonchev–Trinajstić information content (AvgIpc) is 2.87. The highest BCUT2D eigenvalue weighted by Gasteiger charge is 2.16. The van der Waals surface area contributed by atoms with Crippen LogP contribution in [-0.2, 0) is 0 Å². The number of ether oxygens (including phenoxy) is 2. The SMILES string of the molecule is CNc1nc(-c2cccc(NC(=O)c3cccc(C(=O)O)c3)c2)c2cc(OC)c(OC)cc2n1. The molecule has 4 rings (SSSR count). The van der Waals surface area contributed by atoms with Crippen LogP contribution in [0.5, 0.6) is 11.5 Å². The van der Waals surface area contributed by atoms with Gasteiger partial charge < -0.3 is 25.2 Å². The van der Waals surface area contributed by atoms with Crippen molar-refractivity contribution in [3.05, 3.63) is 71.8 Å². The molecule has 0 aliphatic carbocycles. The van der Waals surface area contributed by atoms with E-state index in [-0.39, 0.29) is 11.1 Å². The number of rotatable bonds is 7. The number of aromatic nitrogens is 2. The smallest absolute Gasteiger partial charge is 0.335 e. The van der Waals surface area contributed by atoms with Crippen molar-refractivity contribution in [2.75, 3.05) is 31.9 Å². The summed E-state index contributed by atoms with van der Waals surface area (Å²) in [5, 5.41) is 15.7. The van der Waals surface area contributed by atoms with E-state index < -0.39 is 11.9 Å². The van der Waals surface area contributed by atoms with Crippen LogP contribution in [0.1, 0.15) is 20.7 Å². The van der Waals surface area contributed by atoms with Gasteiger partial charge in [-0.3, -0.25) is 4.79 Å². The summed E-state index contributed by atoms with van der Waals surface area (Å²) < 4.78 is 10.9. The lowest BCUT2D eigenvalue weighted by atomic mass is 10.0. The zero-order valence-corrected chi connectivity index (χ0v) is 18.7. The van der Waals surface area contributed by atoms with Gasteiger partial charge in [-0.25, -0.2) is 14.8 Å². The van der Waals surface area contributed by atoms with E-state index in [9.17, 15) is 14.7 Å². The molecule has 1 amide bonds. The Morgan fingerprint density at radius 2 is 1.59 bits per heavy atom. The Morgan fingerprint density at radius 3 is 2.29 bits per heavy atom. The lowest BCUT2D eigenvalue weighted by molar-refractivity contribution is 0.0697. The average molecular weight is 458 g/mol. The highest BCUT2D eigenvalue weighted by atomic mass is 16.5. The zero-order valence-electron chi connectivity index (χ0n) is 18.7. The molecule has 9 heteroatoms. The number of nitrogens with zero attached hydrogens (tertiary/aromatic N) is 2. The molecule has 4 aromatic rings. The monoisotopic (exact) mass is 458 g/mol. The molecular formula is C25H22N4O5.